The van der Waals surface area contributed by atoms with Gasteiger partial charge in [0.1, 0.15) is 10.8 Å². The van der Waals surface area contributed by atoms with Crippen LogP contribution in [0.5, 0.6) is 0 Å². The van der Waals surface area contributed by atoms with Crippen molar-refractivity contribution >= 4 is 17.7 Å². The molecule has 4 nitrogen and oxygen atoms in total. The van der Waals surface area contributed by atoms with Crippen LogP contribution < -0.4 is 5.32 Å². The van der Waals surface area contributed by atoms with Crippen LogP contribution in [0.3, 0.4) is 0 Å². The number of nitrogens with zero attached hydrogens (tertiary/aromatic N) is 1. The van der Waals surface area contributed by atoms with Crippen molar-refractivity contribution in [3.63, 3.8) is 0 Å². The smallest absolute Gasteiger partial charge is 0.254 e. The van der Waals surface area contributed by atoms with Gasteiger partial charge in [0, 0.05) is 19.9 Å². The second kappa shape index (κ2) is 10.6. The van der Waals surface area contributed by atoms with Crippen molar-refractivity contribution < 1.29 is 13.9 Å². The van der Waals surface area contributed by atoms with Crippen molar-refractivity contribution in [1.29, 1.82) is 0 Å². The molecule has 1 unspecified atom stereocenters. The standard InChI is InChI=1S/C22H29FN2O2S/c1-22(2,3)19(27-4)15-25-20(26)18-8-5-13-24-21(18)28-14-6-7-16-9-11-17(23)12-10-16/h5,8-13,19H,6-7,14-15H2,1-4H3,(H,25,26). The molecule has 2 rings (SSSR count). The highest BCUT2D eigenvalue weighted by Crippen LogP contribution is 2.23. The number of pyridine rings is 1. The summed E-state index contributed by atoms with van der Waals surface area (Å²) in [6.45, 7) is 6.70. The highest BCUT2D eigenvalue weighted by atomic mass is 32.2. The quantitative estimate of drug-likeness (QED) is 0.485. The Morgan fingerprint density at radius 3 is 2.61 bits per heavy atom. The van der Waals surface area contributed by atoms with Gasteiger partial charge in [-0.3, -0.25) is 4.79 Å². The maximum Gasteiger partial charge on any atom is 0.254 e. The molecule has 0 spiro atoms. The van der Waals surface area contributed by atoms with Gasteiger partial charge < -0.3 is 10.1 Å². The molecule has 0 radical (unpaired) electrons. The summed E-state index contributed by atoms with van der Waals surface area (Å²) in [4.78, 5) is 17.0. The van der Waals surface area contributed by atoms with Gasteiger partial charge in [-0.05, 0) is 53.8 Å². The first-order valence-electron chi connectivity index (χ1n) is 9.44. The van der Waals surface area contributed by atoms with Gasteiger partial charge in [-0.2, -0.15) is 0 Å². The SMILES string of the molecule is COC(CNC(=O)c1cccnc1SCCCc1ccc(F)cc1)C(C)(C)C. The van der Waals surface area contributed by atoms with Crippen molar-refractivity contribution in [2.24, 2.45) is 5.41 Å². The number of methoxy groups -OCH3 is 1. The number of thioether (sulfide) groups is 1. The predicted molar refractivity (Wildman–Crippen MR) is 112 cm³/mol. The Kier molecular flexibility index (Phi) is 8.45. The number of carbonyl (C=O) groups excluding carboxylic acids is 1. The monoisotopic (exact) mass is 404 g/mol. The van der Waals surface area contributed by atoms with Crippen molar-refractivity contribution in [2.45, 2.75) is 44.7 Å². The normalized spacial score (nSPS) is 12.6. The van der Waals surface area contributed by atoms with Crippen molar-refractivity contribution in [1.82, 2.24) is 10.3 Å². The fraction of sp³-hybridized carbons (Fsp3) is 0.455. The maximum absolute atomic E-state index is 13.0. The van der Waals surface area contributed by atoms with Crippen LogP contribution in [0.4, 0.5) is 4.39 Å². The molecule has 6 heteroatoms. The number of rotatable bonds is 9. The van der Waals surface area contributed by atoms with Crippen LogP contribution in [0.15, 0.2) is 47.6 Å². The number of aromatic nitrogens is 1. The minimum atomic E-state index is -0.218. The molecule has 0 aliphatic carbocycles. The van der Waals surface area contributed by atoms with Crippen molar-refractivity contribution in [3.8, 4) is 0 Å². The Morgan fingerprint density at radius 1 is 1.25 bits per heavy atom. The van der Waals surface area contributed by atoms with E-state index in [-0.39, 0.29) is 23.2 Å². The van der Waals surface area contributed by atoms with E-state index in [0.29, 0.717) is 12.1 Å². The molecular formula is C22H29FN2O2S. The first-order valence-corrected chi connectivity index (χ1v) is 10.4. The molecule has 1 atom stereocenters. The number of amides is 1. The highest BCUT2D eigenvalue weighted by molar-refractivity contribution is 7.99. The molecule has 0 saturated heterocycles. The summed E-state index contributed by atoms with van der Waals surface area (Å²) in [7, 11) is 1.66. The lowest BCUT2D eigenvalue weighted by atomic mass is 9.89. The molecule has 1 aromatic carbocycles. The van der Waals surface area contributed by atoms with Gasteiger partial charge in [0.15, 0.2) is 0 Å². The van der Waals surface area contributed by atoms with Gasteiger partial charge in [0.25, 0.3) is 5.91 Å². The third kappa shape index (κ3) is 6.91. The van der Waals surface area contributed by atoms with Gasteiger partial charge in [-0.1, -0.05) is 32.9 Å². The van der Waals surface area contributed by atoms with E-state index < -0.39 is 0 Å². The molecule has 0 aliphatic heterocycles. The molecule has 2 aromatic rings. The van der Waals surface area contributed by atoms with Crippen molar-refractivity contribution in [3.05, 3.63) is 59.5 Å². The fourth-order valence-electron chi connectivity index (χ4n) is 2.80. The van der Waals surface area contributed by atoms with Gasteiger partial charge in [0.05, 0.1) is 11.7 Å². The van der Waals surface area contributed by atoms with Gasteiger partial charge in [-0.25, -0.2) is 9.37 Å². The zero-order chi connectivity index (χ0) is 20.6. The third-order valence-electron chi connectivity index (χ3n) is 4.48. The highest BCUT2D eigenvalue weighted by Gasteiger charge is 2.25. The maximum atomic E-state index is 13.0. The number of carbonyl (C=O) groups is 1. The first kappa shape index (κ1) is 22.4. The summed E-state index contributed by atoms with van der Waals surface area (Å²) in [5.41, 5.74) is 1.63. The van der Waals surface area contributed by atoms with E-state index in [0.717, 1.165) is 29.2 Å². The number of halogens is 1. The lowest BCUT2D eigenvalue weighted by Crippen LogP contribution is -2.40. The van der Waals surface area contributed by atoms with Crippen LogP contribution in [-0.4, -0.2) is 36.4 Å². The molecule has 0 fully saturated rings. The van der Waals surface area contributed by atoms with Gasteiger partial charge in [-0.15, -0.1) is 11.8 Å². The number of aryl methyl sites for hydroxylation is 1. The Hall–Kier alpha value is -1.92. The fourth-order valence-corrected chi connectivity index (χ4v) is 3.73. The van der Waals surface area contributed by atoms with Crippen LogP contribution in [0.25, 0.3) is 0 Å². The Balaban J connectivity index is 1.89. The molecular weight excluding hydrogens is 375 g/mol. The van der Waals surface area contributed by atoms with E-state index in [4.69, 9.17) is 4.74 Å². The molecule has 1 N–H and O–H groups in total. The Labute approximate surface area is 171 Å². The molecule has 152 valence electrons. The molecule has 1 aromatic heterocycles. The van der Waals surface area contributed by atoms with E-state index in [2.05, 4.69) is 31.1 Å². The van der Waals surface area contributed by atoms with Gasteiger partial charge in [0.2, 0.25) is 0 Å². The summed E-state index contributed by atoms with van der Waals surface area (Å²) in [6.07, 6.45) is 3.42. The van der Waals surface area contributed by atoms with E-state index in [1.165, 1.54) is 12.1 Å². The second-order valence-electron chi connectivity index (χ2n) is 7.73. The number of nitrogens with one attached hydrogen (secondary N) is 1. The van der Waals surface area contributed by atoms with Crippen molar-refractivity contribution in [2.75, 3.05) is 19.4 Å². The van der Waals surface area contributed by atoms with Crippen LogP contribution in [0, 0.1) is 11.2 Å². The molecule has 28 heavy (non-hydrogen) atoms. The average molecular weight is 405 g/mol. The molecule has 1 heterocycles. The largest absolute Gasteiger partial charge is 0.379 e. The molecule has 0 aliphatic rings. The average Bonchev–Trinajstić information content (AvgIpc) is 2.66. The summed E-state index contributed by atoms with van der Waals surface area (Å²) in [5, 5.41) is 3.69. The minimum Gasteiger partial charge on any atom is -0.379 e. The predicted octanol–water partition coefficient (Wildman–Crippen LogP) is 4.74. The summed E-state index contributed by atoms with van der Waals surface area (Å²) >= 11 is 1.57. The van der Waals surface area contributed by atoms with Crippen LogP contribution in [-0.2, 0) is 11.2 Å². The van der Waals surface area contributed by atoms with E-state index in [1.807, 2.05) is 0 Å². The molecule has 1 amide bonds. The minimum absolute atomic E-state index is 0.0606. The second-order valence-corrected chi connectivity index (χ2v) is 8.82. The zero-order valence-electron chi connectivity index (χ0n) is 17.0. The first-order chi connectivity index (χ1) is 13.3. The summed E-state index contributed by atoms with van der Waals surface area (Å²) < 4.78 is 18.5. The Morgan fingerprint density at radius 2 is 1.96 bits per heavy atom. The number of benzene rings is 1. The Bertz CT molecular complexity index is 760. The zero-order valence-corrected chi connectivity index (χ0v) is 17.8. The van der Waals surface area contributed by atoms with E-state index in [9.17, 15) is 9.18 Å². The number of ether oxygens (including phenoxy) is 1. The van der Waals surface area contributed by atoms with Crippen LogP contribution in [0.1, 0.15) is 43.1 Å². The lowest BCUT2D eigenvalue weighted by molar-refractivity contribution is 0.0175. The topological polar surface area (TPSA) is 51.2 Å². The van der Waals surface area contributed by atoms with Gasteiger partial charge >= 0.3 is 0 Å². The lowest BCUT2D eigenvalue weighted by Gasteiger charge is -2.29. The third-order valence-corrected chi connectivity index (χ3v) is 5.57. The summed E-state index contributed by atoms with van der Waals surface area (Å²) in [5.74, 6) is 0.474. The number of hydrogen-bond acceptors (Lipinski definition) is 4. The van der Waals surface area contributed by atoms with E-state index >= 15 is 0 Å². The number of hydrogen-bond donors (Lipinski definition) is 1. The van der Waals surface area contributed by atoms with Crippen LogP contribution in [0.2, 0.25) is 0 Å². The molecule has 0 saturated carbocycles. The van der Waals surface area contributed by atoms with E-state index in [1.54, 1.807) is 49.3 Å². The van der Waals surface area contributed by atoms with Crippen LogP contribution >= 0.6 is 11.8 Å². The molecule has 0 bridgehead atoms. The summed E-state index contributed by atoms with van der Waals surface area (Å²) in [6, 6.07) is 10.1.